The summed E-state index contributed by atoms with van der Waals surface area (Å²) in [4.78, 5) is 12.2. The lowest BCUT2D eigenvalue weighted by molar-refractivity contribution is 0.0949. The van der Waals surface area contributed by atoms with Crippen LogP contribution in [0.2, 0.25) is 0 Å². The van der Waals surface area contributed by atoms with Crippen molar-refractivity contribution in [1.82, 2.24) is 5.32 Å². The van der Waals surface area contributed by atoms with Crippen molar-refractivity contribution in [2.45, 2.75) is 6.54 Å². The van der Waals surface area contributed by atoms with Crippen LogP contribution >= 0.6 is 22.6 Å². The molecule has 0 bridgehead atoms. The quantitative estimate of drug-likeness (QED) is 0.789. The Bertz CT molecular complexity index is 643. The third-order valence-corrected chi connectivity index (χ3v) is 3.98. The van der Waals surface area contributed by atoms with Gasteiger partial charge in [-0.15, -0.1) is 0 Å². The molecular weight excluding hydrogens is 381 g/mol. The molecule has 1 amide bonds. The first-order valence-electron chi connectivity index (χ1n) is 6.40. The van der Waals surface area contributed by atoms with Crippen molar-refractivity contribution in [1.29, 1.82) is 0 Å². The number of halogens is 1. The van der Waals surface area contributed by atoms with Gasteiger partial charge >= 0.3 is 0 Å². The van der Waals surface area contributed by atoms with Crippen LogP contribution in [0.4, 0.5) is 0 Å². The van der Waals surface area contributed by atoms with E-state index in [1.54, 1.807) is 20.3 Å². The van der Waals surface area contributed by atoms with E-state index in [0.717, 1.165) is 9.13 Å². The minimum Gasteiger partial charge on any atom is -0.493 e. The molecule has 0 aromatic heterocycles. The minimum atomic E-state index is -0.107. The summed E-state index contributed by atoms with van der Waals surface area (Å²) in [7, 11) is 3.18. The van der Waals surface area contributed by atoms with Crippen LogP contribution in [0.15, 0.2) is 42.5 Å². The number of benzene rings is 2. The number of para-hydroxylation sites is 1. The predicted molar refractivity (Wildman–Crippen MR) is 89.9 cm³/mol. The lowest BCUT2D eigenvalue weighted by atomic mass is 10.1. The largest absolute Gasteiger partial charge is 0.493 e. The molecule has 0 unspecified atom stereocenters. The summed E-state index contributed by atoms with van der Waals surface area (Å²) in [6, 6.07) is 13.1. The van der Waals surface area contributed by atoms with Gasteiger partial charge in [-0.2, -0.15) is 0 Å². The molecule has 0 aliphatic heterocycles. The van der Waals surface area contributed by atoms with Gasteiger partial charge in [-0.05, 0) is 40.8 Å². The number of carbonyl (C=O) groups is 1. The molecule has 0 saturated heterocycles. The Morgan fingerprint density at radius 3 is 2.52 bits per heavy atom. The topological polar surface area (TPSA) is 47.6 Å². The molecule has 0 heterocycles. The number of ether oxygens (including phenoxy) is 2. The first kappa shape index (κ1) is 15.6. The summed E-state index contributed by atoms with van der Waals surface area (Å²) in [5.41, 5.74) is 1.54. The van der Waals surface area contributed by atoms with Gasteiger partial charge in [0.2, 0.25) is 0 Å². The monoisotopic (exact) mass is 397 g/mol. The van der Waals surface area contributed by atoms with E-state index in [-0.39, 0.29) is 5.91 Å². The minimum absolute atomic E-state index is 0.107. The van der Waals surface area contributed by atoms with Gasteiger partial charge in [-0.1, -0.05) is 24.3 Å². The smallest absolute Gasteiger partial charge is 0.252 e. The van der Waals surface area contributed by atoms with Crippen LogP contribution in [0.3, 0.4) is 0 Å². The van der Waals surface area contributed by atoms with Crippen molar-refractivity contribution in [3.05, 3.63) is 57.2 Å². The molecule has 2 aromatic carbocycles. The Balaban J connectivity index is 2.14. The van der Waals surface area contributed by atoms with Crippen molar-refractivity contribution in [3.63, 3.8) is 0 Å². The molecule has 1 N–H and O–H groups in total. The maximum atomic E-state index is 12.2. The number of hydrogen-bond donors (Lipinski definition) is 1. The number of carbonyl (C=O) groups excluding carboxylic acids is 1. The molecular formula is C16H16INO3. The Kier molecular flexibility index (Phi) is 5.44. The lowest BCUT2D eigenvalue weighted by Crippen LogP contribution is -2.23. The first-order chi connectivity index (χ1) is 10.2. The van der Waals surface area contributed by atoms with E-state index in [1.807, 2.05) is 36.4 Å². The fourth-order valence-corrected chi connectivity index (χ4v) is 2.64. The third-order valence-electron chi connectivity index (χ3n) is 3.04. The Labute approximate surface area is 137 Å². The molecule has 2 rings (SSSR count). The van der Waals surface area contributed by atoms with Crippen molar-refractivity contribution < 1.29 is 14.3 Å². The van der Waals surface area contributed by atoms with Gasteiger partial charge in [-0.3, -0.25) is 4.79 Å². The van der Waals surface area contributed by atoms with Gasteiger partial charge in [0.15, 0.2) is 11.5 Å². The van der Waals surface area contributed by atoms with Crippen molar-refractivity contribution in [2.75, 3.05) is 14.2 Å². The summed E-state index contributed by atoms with van der Waals surface area (Å²) < 4.78 is 11.5. The van der Waals surface area contributed by atoms with Crippen molar-refractivity contribution >= 4 is 28.5 Å². The van der Waals surface area contributed by atoms with Gasteiger partial charge in [0.25, 0.3) is 5.91 Å². The second-order valence-corrected chi connectivity index (χ2v) is 5.48. The van der Waals surface area contributed by atoms with Crippen LogP contribution in [0.25, 0.3) is 0 Å². The summed E-state index contributed by atoms with van der Waals surface area (Å²) in [6.07, 6.45) is 0. The van der Waals surface area contributed by atoms with Crippen LogP contribution < -0.4 is 14.8 Å². The number of hydrogen-bond acceptors (Lipinski definition) is 3. The molecule has 4 nitrogen and oxygen atoms in total. The predicted octanol–water partition coefficient (Wildman–Crippen LogP) is 3.24. The number of methoxy groups -OCH3 is 2. The normalized spacial score (nSPS) is 10.0. The maximum absolute atomic E-state index is 12.2. The fourth-order valence-electron chi connectivity index (χ4n) is 2.01. The van der Waals surface area contributed by atoms with Crippen molar-refractivity contribution in [2.24, 2.45) is 0 Å². The van der Waals surface area contributed by atoms with E-state index in [9.17, 15) is 4.79 Å². The Morgan fingerprint density at radius 2 is 1.86 bits per heavy atom. The van der Waals surface area contributed by atoms with E-state index in [0.29, 0.717) is 23.6 Å². The van der Waals surface area contributed by atoms with E-state index in [2.05, 4.69) is 27.9 Å². The zero-order valence-corrected chi connectivity index (χ0v) is 14.0. The first-order valence-corrected chi connectivity index (χ1v) is 7.48. The van der Waals surface area contributed by atoms with Gasteiger partial charge in [-0.25, -0.2) is 0 Å². The van der Waals surface area contributed by atoms with Gasteiger partial charge in [0.05, 0.1) is 19.8 Å². The van der Waals surface area contributed by atoms with Crippen molar-refractivity contribution in [3.8, 4) is 11.5 Å². The molecule has 0 fully saturated rings. The zero-order valence-electron chi connectivity index (χ0n) is 11.9. The third kappa shape index (κ3) is 3.66. The van der Waals surface area contributed by atoms with Gasteiger partial charge in [0, 0.05) is 15.7 Å². The Hall–Kier alpha value is -1.76. The highest BCUT2D eigenvalue weighted by molar-refractivity contribution is 14.1. The van der Waals surface area contributed by atoms with Crippen LogP contribution in [-0.2, 0) is 6.54 Å². The van der Waals surface area contributed by atoms with Crippen LogP contribution in [0.5, 0.6) is 11.5 Å². The molecule has 0 aliphatic rings. The fraction of sp³-hybridized carbons (Fsp3) is 0.188. The second-order valence-electron chi connectivity index (χ2n) is 4.32. The highest BCUT2D eigenvalue weighted by Gasteiger charge is 2.12. The molecule has 0 radical (unpaired) electrons. The number of nitrogens with one attached hydrogen (secondary N) is 1. The standard InChI is InChI=1S/C16H16INO3/c1-20-14-9-5-6-11(15(14)21-2)10-18-16(19)12-7-3-4-8-13(12)17/h3-9H,10H2,1-2H3,(H,18,19). The SMILES string of the molecule is COc1cccc(CNC(=O)c2ccccc2I)c1OC. The Morgan fingerprint density at radius 1 is 1.10 bits per heavy atom. The average Bonchev–Trinajstić information content (AvgIpc) is 2.52. The second kappa shape index (κ2) is 7.31. The lowest BCUT2D eigenvalue weighted by Gasteiger charge is -2.13. The molecule has 5 heteroatoms. The van der Waals surface area contributed by atoms with Crippen LogP contribution in [0.1, 0.15) is 15.9 Å². The van der Waals surface area contributed by atoms with Gasteiger partial charge in [0.1, 0.15) is 0 Å². The van der Waals surface area contributed by atoms with E-state index in [1.165, 1.54) is 0 Å². The summed E-state index contributed by atoms with van der Waals surface area (Å²) >= 11 is 2.15. The molecule has 0 aliphatic carbocycles. The molecule has 21 heavy (non-hydrogen) atoms. The molecule has 0 atom stereocenters. The number of rotatable bonds is 5. The maximum Gasteiger partial charge on any atom is 0.252 e. The number of amides is 1. The molecule has 0 spiro atoms. The molecule has 2 aromatic rings. The average molecular weight is 397 g/mol. The van der Waals surface area contributed by atoms with Crippen LogP contribution in [0, 0.1) is 3.57 Å². The van der Waals surface area contributed by atoms with E-state index >= 15 is 0 Å². The van der Waals surface area contributed by atoms with E-state index in [4.69, 9.17) is 9.47 Å². The molecule has 110 valence electrons. The summed E-state index contributed by atoms with van der Waals surface area (Å²) in [6.45, 7) is 0.379. The molecule has 0 saturated carbocycles. The van der Waals surface area contributed by atoms with Gasteiger partial charge < -0.3 is 14.8 Å². The highest BCUT2D eigenvalue weighted by Crippen LogP contribution is 2.30. The van der Waals surface area contributed by atoms with E-state index < -0.39 is 0 Å². The highest BCUT2D eigenvalue weighted by atomic mass is 127. The summed E-state index contributed by atoms with van der Waals surface area (Å²) in [5.74, 6) is 1.19. The van der Waals surface area contributed by atoms with Crippen LogP contribution in [-0.4, -0.2) is 20.1 Å². The summed E-state index contributed by atoms with van der Waals surface area (Å²) in [5, 5.41) is 2.90. The zero-order chi connectivity index (χ0) is 15.2.